The van der Waals surface area contributed by atoms with Crippen LogP contribution in [0.2, 0.25) is 0 Å². The van der Waals surface area contributed by atoms with E-state index >= 15 is 0 Å². The van der Waals surface area contributed by atoms with E-state index in [1.54, 1.807) is 53.7 Å². The van der Waals surface area contributed by atoms with Crippen LogP contribution in [0.3, 0.4) is 0 Å². The van der Waals surface area contributed by atoms with Crippen molar-refractivity contribution in [1.82, 2.24) is 9.88 Å². The lowest BCUT2D eigenvalue weighted by Gasteiger charge is -2.20. The topological polar surface area (TPSA) is 91.4 Å². The number of hydrogen-bond acceptors (Lipinski definition) is 4. The van der Waals surface area contributed by atoms with Crippen molar-refractivity contribution >= 4 is 29.1 Å². The fourth-order valence-corrected chi connectivity index (χ4v) is 3.00. The number of rotatable bonds is 5. The number of aromatic nitrogens is 1. The Morgan fingerprint density at radius 2 is 1.85 bits per heavy atom. The van der Waals surface area contributed by atoms with Gasteiger partial charge in [0.05, 0.1) is 17.8 Å². The zero-order valence-corrected chi connectivity index (χ0v) is 15.3. The molecule has 3 rings (SSSR count). The Hall–Kier alpha value is -3.22. The van der Waals surface area contributed by atoms with Crippen molar-refractivity contribution in [2.24, 2.45) is 5.92 Å². The molecule has 27 heavy (non-hydrogen) atoms. The quantitative estimate of drug-likeness (QED) is 0.851. The highest BCUT2D eigenvalue weighted by Crippen LogP contribution is 2.22. The van der Waals surface area contributed by atoms with E-state index in [1.807, 2.05) is 13.8 Å². The van der Waals surface area contributed by atoms with Crippen LogP contribution in [0.15, 0.2) is 48.8 Å². The third-order valence-corrected chi connectivity index (χ3v) is 4.49. The molecule has 0 radical (unpaired) electrons. The number of hydrogen-bond donors (Lipinski definition) is 2. The molecule has 1 aromatic carbocycles. The Kier molecular flexibility index (Phi) is 5.49. The van der Waals surface area contributed by atoms with Crippen LogP contribution >= 0.6 is 0 Å². The van der Waals surface area contributed by atoms with Crippen molar-refractivity contribution in [2.45, 2.75) is 26.3 Å². The first kappa shape index (κ1) is 18.6. The van der Waals surface area contributed by atoms with Crippen LogP contribution in [-0.4, -0.2) is 40.2 Å². The van der Waals surface area contributed by atoms with Gasteiger partial charge in [0.1, 0.15) is 0 Å². The molecule has 1 aliphatic heterocycles. The molecule has 2 N–H and O–H groups in total. The van der Waals surface area contributed by atoms with E-state index in [0.29, 0.717) is 23.5 Å². The normalized spacial score (nSPS) is 16.5. The average Bonchev–Trinajstić information content (AvgIpc) is 3.05. The number of nitrogens with zero attached hydrogens (tertiary/aromatic N) is 2. The summed E-state index contributed by atoms with van der Waals surface area (Å²) in [5, 5.41) is 5.57. The molecule has 7 heteroatoms. The van der Waals surface area contributed by atoms with Gasteiger partial charge in [-0.2, -0.15) is 0 Å². The summed E-state index contributed by atoms with van der Waals surface area (Å²) in [7, 11) is 0. The SMILES string of the molecule is CC(C)N1CC(C(=O)Nc2ccc(C(=O)Nc3cccnc3)cc2)CC1=O. The van der Waals surface area contributed by atoms with Gasteiger partial charge in [-0.3, -0.25) is 19.4 Å². The molecule has 1 atom stereocenters. The van der Waals surface area contributed by atoms with Crippen LogP contribution in [0, 0.1) is 5.92 Å². The van der Waals surface area contributed by atoms with E-state index in [-0.39, 0.29) is 36.1 Å². The van der Waals surface area contributed by atoms with Gasteiger partial charge < -0.3 is 15.5 Å². The molecule has 7 nitrogen and oxygen atoms in total. The third kappa shape index (κ3) is 4.49. The van der Waals surface area contributed by atoms with E-state index in [4.69, 9.17) is 0 Å². The van der Waals surface area contributed by atoms with Crippen molar-refractivity contribution in [3.05, 3.63) is 54.4 Å². The van der Waals surface area contributed by atoms with Crippen LogP contribution < -0.4 is 10.6 Å². The van der Waals surface area contributed by atoms with Crippen LogP contribution in [-0.2, 0) is 9.59 Å². The first-order chi connectivity index (χ1) is 12.9. The molecule has 3 amide bonds. The number of amides is 3. The average molecular weight is 366 g/mol. The summed E-state index contributed by atoms with van der Waals surface area (Å²) in [4.78, 5) is 42.3. The maximum atomic E-state index is 12.4. The van der Waals surface area contributed by atoms with Crippen LogP contribution in [0.5, 0.6) is 0 Å². The Bertz CT molecular complexity index is 834. The number of carbonyl (C=O) groups is 3. The van der Waals surface area contributed by atoms with E-state index in [9.17, 15) is 14.4 Å². The van der Waals surface area contributed by atoms with Gasteiger partial charge in [-0.25, -0.2) is 0 Å². The Morgan fingerprint density at radius 3 is 2.44 bits per heavy atom. The van der Waals surface area contributed by atoms with Gasteiger partial charge in [0.25, 0.3) is 5.91 Å². The summed E-state index contributed by atoms with van der Waals surface area (Å²) < 4.78 is 0. The molecule has 2 aromatic rings. The van der Waals surface area contributed by atoms with Gasteiger partial charge in [0, 0.05) is 36.5 Å². The van der Waals surface area contributed by atoms with Crippen molar-refractivity contribution < 1.29 is 14.4 Å². The van der Waals surface area contributed by atoms with Gasteiger partial charge in [-0.15, -0.1) is 0 Å². The minimum absolute atomic E-state index is 0.00701. The lowest BCUT2D eigenvalue weighted by molar-refractivity contribution is -0.129. The van der Waals surface area contributed by atoms with Crippen LogP contribution in [0.25, 0.3) is 0 Å². The molecule has 2 heterocycles. The molecular weight excluding hydrogens is 344 g/mol. The molecule has 0 bridgehead atoms. The predicted octanol–water partition coefficient (Wildman–Crippen LogP) is 2.53. The summed E-state index contributed by atoms with van der Waals surface area (Å²) in [6.45, 7) is 4.31. The number of carbonyl (C=O) groups excluding carboxylic acids is 3. The van der Waals surface area contributed by atoms with Gasteiger partial charge >= 0.3 is 0 Å². The summed E-state index contributed by atoms with van der Waals surface area (Å²) in [6.07, 6.45) is 3.43. The second-order valence-corrected chi connectivity index (χ2v) is 6.80. The van der Waals surface area contributed by atoms with E-state index in [0.717, 1.165) is 0 Å². The monoisotopic (exact) mass is 366 g/mol. The zero-order chi connectivity index (χ0) is 19.4. The lowest BCUT2D eigenvalue weighted by Crippen LogP contribution is -2.33. The molecule has 1 aromatic heterocycles. The minimum Gasteiger partial charge on any atom is -0.339 e. The maximum absolute atomic E-state index is 12.4. The first-order valence-corrected chi connectivity index (χ1v) is 8.86. The standard InChI is InChI=1S/C20H22N4O3/c1-13(2)24-12-15(10-18(24)25)20(27)22-16-7-5-14(6-8-16)19(26)23-17-4-3-9-21-11-17/h3-9,11,13,15H,10,12H2,1-2H3,(H,22,27)(H,23,26). The van der Waals surface area contributed by atoms with E-state index in [2.05, 4.69) is 15.6 Å². The Balaban J connectivity index is 1.58. The molecule has 1 fully saturated rings. The fraction of sp³-hybridized carbons (Fsp3) is 0.300. The molecule has 0 saturated carbocycles. The molecule has 1 aliphatic rings. The highest BCUT2D eigenvalue weighted by Gasteiger charge is 2.35. The maximum Gasteiger partial charge on any atom is 0.255 e. The molecule has 0 spiro atoms. The number of nitrogens with one attached hydrogen (secondary N) is 2. The number of anilines is 2. The molecule has 1 saturated heterocycles. The Labute approximate surface area is 157 Å². The highest BCUT2D eigenvalue weighted by molar-refractivity contribution is 6.04. The van der Waals surface area contributed by atoms with E-state index < -0.39 is 0 Å². The smallest absolute Gasteiger partial charge is 0.255 e. The molecular formula is C20H22N4O3. The summed E-state index contributed by atoms with van der Waals surface area (Å²) in [6, 6.07) is 10.2. The van der Waals surface area contributed by atoms with Crippen molar-refractivity contribution in [2.75, 3.05) is 17.2 Å². The number of likely N-dealkylation sites (tertiary alicyclic amines) is 1. The highest BCUT2D eigenvalue weighted by atomic mass is 16.2. The van der Waals surface area contributed by atoms with Crippen LogP contribution in [0.4, 0.5) is 11.4 Å². The second-order valence-electron chi connectivity index (χ2n) is 6.80. The van der Waals surface area contributed by atoms with Gasteiger partial charge in [0.2, 0.25) is 11.8 Å². The van der Waals surface area contributed by atoms with E-state index in [1.165, 1.54) is 0 Å². The zero-order valence-electron chi connectivity index (χ0n) is 15.3. The third-order valence-electron chi connectivity index (χ3n) is 4.49. The largest absolute Gasteiger partial charge is 0.339 e. The minimum atomic E-state index is -0.353. The van der Waals surface area contributed by atoms with Gasteiger partial charge in [0.15, 0.2) is 0 Å². The summed E-state index contributed by atoms with van der Waals surface area (Å²) in [5.41, 5.74) is 1.67. The summed E-state index contributed by atoms with van der Waals surface area (Å²) >= 11 is 0. The van der Waals surface area contributed by atoms with Crippen molar-refractivity contribution in [3.63, 3.8) is 0 Å². The lowest BCUT2D eigenvalue weighted by atomic mass is 10.1. The van der Waals surface area contributed by atoms with Crippen molar-refractivity contribution in [1.29, 1.82) is 0 Å². The fourth-order valence-electron chi connectivity index (χ4n) is 3.00. The number of pyridine rings is 1. The molecule has 0 aliphatic carbocycles. The van der Waals surface area contributed by atoms with Gasteiger partial charge in [-0.1, -0.05) is 0 Å². The Morgan fingerprint density at radius 1 is 1.11 bits per heavy atom. The molecule has 1 unspecified atom stereocenters. The molecule has 140 valence electrons. The summed E-state index contributed by atoms with van der Waals surface area (Å²) in [5.74, 6) is -0.782. The van der Waals surface area contributed by atoms with Gasteiger partial charge in [-0.05, 0) is 50.2 Å². The first-order valence-electron chi connectivity index (χ1n) is 8.86. The van der Waals surface area contributed by atoms with Crippen molar-refractivity contribution in [3.8, 4) is 0 Å². The second kappa shape index (κ2) is 7.99. The van der Waals surface area contributed by atoms with Crippen LogP contribution in [0.1, 0.15) is 30.6 Å². The number of benzene rings is 1. The predicted molar refractivity (Wildman–Crippen MR) is 102 cm³/mol.